The van der Waals surface area contributed by atoms with Crippen LogP contribution >= 0.6 is 0 Å². The number of nitrogens with one attached hydrogen (secondary N) is 1. The molecule has 0 radical (unpaired) electrons. The zero-order chi connectivity index (χ0) is 20.3. The monoisotopic (exact) mass is 383 g/mol. The maximum absolute atomic E-state index is 12.6. The van der Waals surface area contributed by atoms with Crippen molar-refractivity contribution in [2.75, 3.05) is 33.3 Å². The quantitative estimate of drug-likeness (QED) is 0.880. The largest absolute Gasteiger partial charge is 0.484 e. The van der Waals surface area contributed by atoms with E-state index in [0.29, 0.717) is 25.4 Å². The zero-order valence-electron chi connectivity index (χ0n) is 17.1. The summed E-state index contributed by atoms with van der Waals surface area (Å²) in [6, 6.07) is 13.5. The Balaban J connectivity index is 1.59. The Morgan fingerprint density at radius 1 is 1.11 bits per heavy atom. The Morgan fingerprint density at radius 3 is 2.54 bits per heavy atom. The third-order valence-electron chi connectivity index (χ3n) is 4.88. The molecule has 2 amide bonds. The summed E-state index contributed by atoms with van der Waals surface area (Å²) in [7, 11) is 1.92. The Labute approximate surface area is 166 Å². The zero-order valence-corrected chi connectivity index (χ0v) is 17.1. The number of ether oxygens (including phenoxy) is 1. The topological polar surface area (TPSA) is 61.9 Å². The van der Waals surface area contributed by atoms with Gasteiger partial charge in [-0.05, 0) is 50.7 Å². The fourth-order valence-corrected chi connectivity index (χ4v) is 3.33. The van der Waals surface area contributed by atoms with Crippen LogP contribution in [0.1, 0.15) is 20.8 Å². The summed E-state index contributed by atoms with van der Waals surface area (Å²) < 4.78 is 5.73. The Hall–Kier alpha value is -2.60. The number of hydrogen-bond acceptors (Lipinski definition) is 4. The molecule has 1 heterocycles. The highest BCUT2D eigenvalue weighted by Gasteiger charge is 2.33. The number of fused-ring (bicyclic) bond motifs is 1. The van der Waals surface area contributed by atoms with Gasteiger partial charge in [-0.1, -0.05) is 30.3 Å². The van der Waals surface area contributed by atoms with E-state index in [4.69, 9.17) is 4.74 Å². The van der Waals surface area contributed by atoms with E-state index in [2.05, 4.69) is 5.32 Å². The number of piperazine rings is 1. The highest BCUT2D eigenvalue weighted by Crippen LogP contribution is 2.20. The average molecular weight is 383 g/mol. The number of likely N-dealkylation sites (N-methyl/N-ethyl adjacent to an activating group) is 1. The molecule has 1 fully saturated rings. The van der Waals surface area contributed by atoms with Gasteiger partial charge in [0.1, 0.15) is 11.8 Å². The van der Waals surface area contributed by atoms with Gasteiger partial charge in [-0.2, -0.15) is 0 Å². The molecule has 2 aromatic rings. The third kappa shape index (κ3) is 5.01. The molecule has 1 aliphatic rings. The third-order valence-corrected chi connectivity index (χ3v) is 4.88. The first-order valence-electron chi connectivity index (χ1n) is 9.64. The van der Waals surface area contributed by atoms with E-state index >= 15 is 0 Å². The Morgan fingerprint density at radius 2 is 1.82 bits per heavy atom. The lowest BCUT2D eigenvalue weighted by atomic mass is 10.1. The van der Waals surface area contributed by atoms with Gasteiger partial charge in [-0.15, -0.1) is 0 Å². The van der Waals surface area contributed by atoms with E-state index in [1.165, 1.54) is 0 Å². The molecule has 2 aromatic carbocycles. The summed E-state index contributed by atoms with van der Waals surface area (Å²) in [4.78, 5) is 28.9. The highest BCUT2D eigenvalue weighted by molar-refractivity contribution is 5.85. The minimum Gasteiger partial charge on any atom is -0.484 e. The molecule has 1 aliphatic heterocycles. The number of hydrogen-bond donors (Lipinski definition) is 1. The van der Waals surface area contributed by atoms with Gasteiger partial charge in [0.25, 0.3) is 5.91 Å². The van der Waals surface area contributed by atoms with E-state index < -0.39 is 0 Å². The van der Waals surface area contributed by atoms with Crippen LogP contribution in [-0.4, -0.2) is 66.5 Å². The van der Waals surface area contributed by atoms with Gasteiger partial charge in [0.15, 0.2) is 6.61 Å². The molecule has 0 bridgehead atoms. The number of amides is 2. The van der Waals surface area contributed by atoms with E-state index in [9.17, 15) is 9.59 Å². The van der Waals surface area contributed by atoms with Gasteiger partial charge in [0, 0.05) is 25.2 Å². The second-order valence-corrected chi connectivity index (χ2v) is 8.37. The predicted molar refractivity (Wildman–Crippen MR) is 110 cm³/mol. The van der Waals surface area contributed by atoms with E-state index in [0.717, 1.165) is 10.8 Å². The molecule has 0 unspecified atom stereocenters. The highest BCUT2D eigenvalue weighted by atomic mass is 16.5. The molecular weight excluding hydrogens is 354 g/mol. The summed E-state index contributed by atoms with van der Waals surface area (Å²) in [5.74, 6) is 0.515. The summed E-state index contributed by atoms with van der Waals surface area (Å²) in [6.45, 7) is 7.45. The first-order valence-corrected chi connectivity index (χ1v) is 9.64. The van der Waals surface area contributed by atoms with Crippen molar-refractivity contribution < 1.29 is 14.3 Å². The lowest BCUT2D eigenvalue weighted by Crippen LogP contribution is -2.61. The molecule has 150 valence electrons. The lowest BCUT2D eigenvalue weighted by molar-refractivity contribution is -0.139. The van der Waals surface area contributed by atoms with E-state index in [1.54, 1.807) is 4.90 Å². The van der Waals surface area contributed by atoms with E-state index in [1.807, 2.05) is 75.2 Å². The van der Waals surface area contributed by atoms with Crippen molar-refractivity contribution in [3.8, 4) is 5.75 Å². The molecule has 1 N–H and O–H groups in total. The van der Waals surface area contributed by atoms with Crippen LogP contribution in [0.25, 0.3) is 10.8 Å². The van der Waals surface area contributed by atoms with Crippen molar-refractivity contribution in [1.29, 1.82) is 0 Å². The van der Waals surface area contributed by atoms with Crippen LogP contribution in [0.4, 0.5) is 0 Å². The van der Waals surface area contributed by atoms with Crippen LogP contribution in [0.15, 0.2) is 42.5 Å². The van der Waals surface area contributed by atoms with Crippen molar-refractivity contribution >= 4 is 22.6 Å². The van der Waals surface area contributed by atoms with Crippen molar-refractivity contribution in [1.82, 2.24) is 15.1 Å². The number of carbonyl (C=O) groups excluding carboxylic acids is 2. The first kappa shape index (κ1) is 20.1. The SMILES string of the molecule is CN1CCN(C(=O)COc2ccc3ccccc3c2)C[C@H]1C(=O)NC(C)(C)C. The molecule has 0 aliphatic carbocycles. The van der Waals surface area contributed by atoms with Gasteiger partial charge in [-0.25, -0.2) is 0 Å². The van der Waals surface area contributed by atoms with Gasteiger partial charge in [-0.3, -0.25) is 14.5 Å². The predicted octanol–water partition coefficient (Wildman–Crippen LogP) is 2.28. The standard InChI is InChI=1S/C22H29N3O3/c1-22(2,3)23-21(27)19-14-25(12-11-24(19)4)20(26)15-28-18-10-9-16-7-5-6-8-17(16)13-18/h5-10,13,19H,11-12,14-15H2,1-4H3,(H,23,27)/t19-/m0/s1. The summed E-state index contributed by atoms with van der Waals surface area (Å²) in [5, 5.41) is 5.21. The van der Waals surface area contributed by atoms with Crippen molar-refractivity contribution in [3.05, 3.63) is 42.5 Å². The normalized spacial score (nSPS) is 18.1. The minimum absolute atomic E-state index is 0.0321. The van der Waals surface area contributed by atoms with Crippen LogP contribution in [-0.2, 0) is 9.59 Å². The van der Waals surface area contributed by atoms with Crippen LogP contribution < -0.4 is 10.1 Å². The fraction of sp³-hybridized carbons (Fsp3) is 0.455. The smallest absolute Gasteiger partial charge is 0.260 e. The molecule has 6 nitrogen and oxygen atoms in total. The molecule has 1 atom stereocenters. The molecule has 0 aromatic heterocycles. The molecule has 0 saturated carbocycles. The maximum Gasteiger partial charge on any atom is 0.260 e. The van der Waals surface area contributed by atoms with Crippen molar-refractivity contribution in [2.24, 2.45) is 0 Å². The molecule has 0 spiro atoms. The first-order chi connectivity index (χ1) is 13.2. The Bertz CT molecular complexity index is 859. The second kappa shape index (κ2) is 8.19. The van der Waals surface area contributed by atoms with Gasteiger partial charge >= 0.3 is 0 Å². The maximum atomic E-state index is 12.6. The van der Waals surface area contributed by atoms with Crippen LogP contribution in [0.2, 0.25) is 0 Å². The summed E-state index contributed by atoms with van der Waals surface area (Å²) in [6.07, 6.45) is 0. The lowest BCUT2D eigenvalue weighted by Gasteiger charge is -2.39. The van der Waals surface area contributed by atoms with Crippen LogP contribution in [0, 0.1) is 0 Å². The van der Waals surface area contributed by atoms with Crippen molar-refractivity contribution in [3.63, 3.8) is 0 Å². The number of carbonyl (C=O) groups is 2. The average Bonchev–Trinajstić information content (AvgIpc) is 2.65. The Kier molecular flexibility index (Phi) is 5.89. The molecule has 1 saturated heterocycles. The number of benzene rings is 2. The molecular formula is C22H29N3O3. The molecule has 6 heteroatoms. The van der Waals surface area contributed by atoms with Gasteiger partial charge < -0.3 is 15.0 Å². The number of rotatable bonds is 4. The second-order valence-electron chi connectivity index (χ2n) is 8.37. The fourth-order valence-electron chi connectivity index (χ4n) is 3.33. The molecule has 3 rings (SSSR count). The van der Waals surface area contributed by atoms with E-state index in [-0.39, 0.29) is 30.0 Å². The summed E-state index contributed by atoms with van der Waals surface area (Å²) >= 11 is 0. The van der Waals surface area contributed by atoms with Gasteiger partial charge in [0.2, 0.25) is 5.91 Å². The number of nitrogens with zero attached hydrogens (tertiary/aromatic N) is 2. The minimum atomic E-state index is -0.349. The van der Waals surface area contributed by atoms with Crippen molar-refractivity contribution in [2.45, 2.75) is 32.4 Å². The molecule has 28 heavy (non-hydrogen) atoms. The van der Waals surface area contributed by atoms with Crippen LogP contribution in [0.5, 0.6) is 5.75 Å². The van der Waals surface area contributed by atoms with Crippen LogP contribution in [0.3, 0.4) is 0 Å². The van der Waals surface area contributed by atoms with Gasteiger partial charge in [0.05, 0.1) is 0 Å². The summed E-state index contributed by atoms with van der Waals surface area (Å²) in [5.41, 5.74) is -0.302.